The Bertz CT molecular complexity index is 334. The maximum atomic E-state index is 9.01. The average Bonchev–Trinajstić information content (AvgIpc) is 2.29. The lowest BCUT2D eigenvalue weighted by atomic mass is 9.89. The van der Waals surface area contributed by atoms with Crippen molar-refractivity contribution in [3.8, 4) is 12.1 Å². The van der Waals surface area contributed by atoms with Gasteiger partial charge in [0.15, 0.2) is 0 Å². The summed E-state index contributed by atoms with van der Waals surface area (Å²) in [4.78, 5) is 2.63. The van der Waals surface area contributed by atoms with Gasteiger partial charge < -0.3 is 9.47 Å². The van der Waals surface area contributed by atoms with Crippen LogP contribution in [0.2, 0.25) is 0 Å². The van der Waals surface area contributed by atoms with Crippen molar-refractivity contribution in [2.45, 2.75) is 25.5 Å². The van der Waals surface area contributed by atoms with Gasteiger partial charge in [-0.15, -0.1) is 0 Å². The number of azide groups is 1. The highest BCUT2D eigenvalue weighted by Crippen LogP contribution is 2.24. The van der Waals surface area contributed by atoms with Crippen LogP contribution in [-0.2, 0) is 9.47 Å². The third-order valence-electron chi connectivity index (χ3n) is 1.96. The molecule has 16 heavy (non-hydrogen) atoms. The Hall–Kier alpha value is -1.79. The molecule has 0 saturated heterocycles. The number of hydrogen-bond donors (Lipinski definition) is 0. The fraction of sp³-hybridized carbons (Fsp3) is 0.778. The summed E-state index contributed by atoms with van der Waals surface area (Å²) in [5.41, 5.74) is 6.61. The lowest BCUT2D eigenvalue weighted by Crippen LogP contribution is -2.44. The van der Waals surface area contributed by atoms with E-state index in [1.54, 1.807) is 26.0 Å². The Labute approximate surface area is 93.8 Å². The molecule has 86 valence electrons. The summed E-state index contributed by atoms with van der Waals surface area (Å²) in [5, 5.41) is 21.5. The molecule has 0 heterocycles. The van der Waals surface area contributed by atoms with E-state index in [0.29, 0.717) is 0 Å². The number of nitriles is 2. The van der Waals surface area contributed by atoms with Gasteiger partial charge >= 0.3 is 0 Å². The molecule has 0 bridgehead atoms. The molecule has 0 aromatic rings. The lowest BCUT2D eigenvalue weighted by Gasteiger charge is -2.27. The number of hydrogen-bond acceptors (Lipinski definition) is 5. The van der Waals surface area contributed by atoms with Crippen molar-refractivity contribution in [1.82, 2.24) is 0 Å². The standard InChI is InChI=1S/C9H13N5O2/c1-7(2)8(13-14-12)9(4-10,5-11)16-6-15-3/h7-8H,6H2,1-3H3. The first kappa shape index (κ1) is 14.2. The number of rotatable bonds is 6. The largest absolute Gasteiger partial charge is 0.359 e. The van der Waals surface area contributed by atoms with Crippen LogP contribution in [-0.4, -0.2) is 25.5 Å². The van der Waals surface area contributed by atoms with Crippen LogP contribution in [0.4, 0.5) is 0 Å². The van der Waals surface area contributed by atoms with E-state index >= 15 is 0 Å². The second-order valence-corrected chi connectivity index (χ2v) is 3.40. The molecule has 0 spiro atoms. The van der Waals surface area contributed by atoms with Gasteiger partial charge in [-0.25, -0.2) is 0 Å². The van der Waals surface area contributed by atoms with E-state index in [2.05, 4.69) is 14.8 Å². The van der Waals surface area contributed by atoms with E-state index in [4.69, 9.17) is 20.8 Å². The number of methoxy groups -OCH3 is 1. The Balaban J connectivity index is 5.22. The molecule has 1 atom stereocenters. The zero-order valence-electron chi connectivity index (χ0n) is 9.41. The summed E-state index contributed by atoms with van der Waals surface area (Å²) >= 11 is 0. The molecule has 0 saturated carbocycles. The van der Waals surface area contributed by atoms with Gasteiger partial charge in [0.05, 0.1) is 6.04 Å². The van der Waals surface area contributed by atoms with Gasteiger partial charge in [0.1, 0.15) is 18.9 Å². The van der Waals surface area contributed by atoms with Gasteiger partial charge in [-0.2, -0.15) is 10.5 Å². The SMILES string of the molecule is COCOC(C#N)(C#N)C(N=[N+]=[N-])C(C)C. The molecule has 0 aliphatic rings. The number of nitrogens with zero attached hydrogens (tertiary/aromatic N) is 5. The zero-order valence-corrected chi connectivity index (χ0v) is 9.41. The zero-order chi connectivity index (χ0) is 12.6. The quantitative estimate of drug-likeness (QED) is 0.295. The van der Waals surface area contributed by atoms with Gasteiger partial charge in [0, 0.05) is 12.0 Å². The van der Waals surface area contributed by atoms with Crippen molar-refractivity contribution in [3.63, 3.8) is 0 Å². The van der Waals surface area contributed by atoms with Crippen molar-refractivity contribution in [2.75, 3.05) is 13.9 Å². The molecule has 7 nitrogen and oxygen atoms in total. The minimum atomic E-state index is -1.81. The molecule has 0 aliphatic heterocycles. The van der Waals surface area contributed by atoms with Crippen molar-refractivity contribution in [2.24, 2.45) is 11.0 Å². The molecule has 0 radical (unpaired) electrons. The van der Waals surface area contributed by atoms with Gasteiger partial charge in [0.25, 0.3) is 5.60 Å². The van der Waals surface area contributed by atoms with Crippen molar-refractivity contribution in [3.05, 3.63) is 10.4 Å². The smallest absolute Gasteiger partial charge is 0.251 e. The summed E-state index contributed by atoms with van der Waals surface area (Å²) in [7, 11) is 1.37. The summed E-state index contributed by atoms with van der Waals surface area (Å²) in [5.74, 6) is -0.202. The number of ether oxygens (including phenoxy) is 2. The van der Waals surface area contributed by atoms with E-state index in [1.807, 2.05) is 0 Å². The van der Waals surface area contributed by atoms with E-state index in [0.717, 1.165) is 0 Å². The highest BCUT2D eigenvalue weighted by atomic mass is 16.7. The monoisotopic (exact) mass is 223 g/mol. The lowest BCUT2D eigenvalue weighted by molar-refractivity contribution is -0.0936. The molecule has 0 aliphatic carbocycles. The molecule has 0 aromatic heterocycles. The third kappa shape index (κ3) is 3.11. The van der Waals surface area contributed by atoms with E-state index < -0.39 is 11.6 Å². The van der Waals surface area contributed by atoms with Crippen LogP contribution in [0.5, 0.6) is 0 Å². The molecule has 1 unspecified atom stereocenters. The molecule has 0 aromatic carbocycles. The Morgan fingerprint density at radius 3 is 2.31 bits per heavy atom. The van der Waals surface area contributed by atoms with Gasteiger partial charge in [-0.05, 0) is 11.4 Å². The Kier molecular flexibility index (Phi) is 5.91. The van der Waals surface area contributed by atoms with Crippen LogP contribution in [0.25, 0.3) is 10.4 Å². The molecule has 0 N–H and O–H groups in total. The highest BCUT2D eigenvalue weighted by Gasteiger charge is 2.42. The van der Waals surface area contributed by atoms with Crippen LogP contribution >= 0.6 is 0 Å². The van der Waals surface area contributed by atoms with Gasteiger partial charge in [-0.1, -0.05) is 19.0 Å². The van der Waals surface area contributed by atoms with Crippen molar-refractivity contribution >= 4 is 0 Å². The molecular formula is C9H13N5O2. The molecule has 0 amide bonds. The minimum Gasteiger partial charge on any atom is -0.359 e. The topological polar surface area (TPSA) is 115 Å². The van der Waals surface area contributed by atoms with Gasteiger partial charge in [-0.3, -0.25) is 0 Å². The summed E-state index contributed by atoms with van der Waals surface area (Å²) in [6, 6.07) is 2.59. The summed E-state index contributed by atoms with van der Waals surface area (Å²) in [6.07, 6.45) is 0. The van der Waals surface area contributed by atoms with E-state index in [1.165, 1.54) is 7.11 Å². The van der Waals surface area contributed by atoms with Gasteiger partial charge in [0.2, 0.25) is 0 Å². The van der Waals surface area contributed by atoms with Crippen LogP contribution in [0.3, 0.4) is 0 Å². The first-order valence-electron chi connectivity index (χ1n) is 4.57. The predicted octanol–water partition coefficient (Wildman–Crippen LogP) is 1.73. The predicted molar refractivity (Wildman–Crippen MR) is 54.7 cm³/mol. The first-order valence-corrected chi connectivity index (χ1v) is 4.57. The maximum absolute atomic E-state index is 9.01. The van der Waals surface area contributed by atoms with Crippen LogP contribution in [0.1, 0.15) is 13.8 Å². The molecule has 0 rings (SSSR count). The second kappa shape index (κ2) is 6.65. The van der Waals surface area contributed by atoms with Crippen LogP contribution < -0.4 is 0 Å². The summed E-state index contributed by atoms with van der Waals surface area (Å²) in [6.45, 7) is 3.25. The highest BCUT2D eigenvalue weighted by molar-refractivity contribution is 5.23. The van der Waals surface area contributed by atoms with Crippen LogP contribution in [0, 0.1) is 28.6 Å². The fourth-order valence-electron chi connectivity index (χ4n) is 1.20. The Morgan fingerprint density at radius 1 is 1.44 bits per heavy atom. The molecular weight excluding hydrogens is 210 g/mol. The maximum Gasteiger partial charge on any atom is 0.251 e. The van der Waals surface area contributed by atoms with E-state index in [9.17, 15) is 0 Å². The van der Waals surface area contributed by atoms with Crippen molar-refractivity contribution in [1.29, 1.82) is 10.5 Å². The van der Waals surface area contributed by atoms with E-state index in [-0.39, 0.29) is 12.7 Å². The minimum absolute atomic E-state index is 0.202. The Morgan fingerprint density at radius 2 is 2.00 bits per heavy atom. The van der Waals surface area contributed by atoms with Crippen LogP contribution in [0.15, 0.2) is 5.11 Å². The normalized spacial score (nSPS) is 12.4. The second-order valence-electron chi connectivity index (χ2n) is 3.40. The van der Waals surface area contributed by atoms with Crippen molar-refractivity contribution < 1.29 is 9.47 Å². The molecule has 7 heteroatoms. The first-order chi connectivity index (χ1) is 7.57. The fourth-order valence-corrected chi connectivity index (χ4v) is 1.20. The average molecular weight is 223 g/mol. The summed E-state index contributed by atoms with van der Waals surface area (Å²) < 4.78 is 9.69. The molecule has 0 fully saturated rings. The third-order valence-corrected chi connectivity index (χ3v) is 1.96.